The molecule has 1 aromatic carbocycles. The van der Waals surface area contributed by atoms with E-state index in [2.05, 4.69) is 50.5 Å². The van der Waals surface area contributed by atoms with Crippen LogP contribution in [0.2, 0.25) is 0 Å². The fraction of sp³-hybridized carbons (Fsp3) is 0.682. The highest BCUT2D eigenvalue weighted by molar-refractivity contribution is 14.0. The Morgan fingerprint density at radius 3 is 2.66 bits per heavy atom. The standard InChI is InChI=1S/C22H37N3O3.HI/c1-5-23-20(25-16-22(10-13-26)11-14-27-17-22)24-12-15-28-19-9-7-6-8-18(19)21(2,3)4;/h6-9,26H,5,10-17H2,1-4H3,(H2,23,24,25);1H. The fourth-order valence-electron chi connectivity index (χ4n) is 3.42. The van der Waals surface area contributed by atoms with Crippen LogP contribution < -0.4 is 15.4 Å². The summed E-state index contributed by atoms with van der Waals surface area (Å²) in [5.74, 6) is 1.71. The van der Waals surface area contributed by atoms with Gasteiger partial charge in [-0.15, -0.1) is 24.0 Å². The van der Waals surface area contributed by atoms with Crippen LogP contribution in [0.4, 0.5) is 0 Å². The lowest BCUT2D eigenvalue weighted by molar-refractivity contribution is 0.131. The van der Waals surface area contributed by atoms with Gasteiger partial charge in [0.1, 0.15) is 12.4 Å². The van der Waals surface area contributed by atoms with Crippen molar-refractivity contribution in [1.29, 1.82) is 0 Å². The van der Waals surface area contributed by atoms with Crippen LogP contribution in [0, 0.1) is 5.41 Å². The van der Waals surface area contributed by atoms with Gasteiger partial charge in [-0.3, -0.25) is 4.99 Å². The number of ether oxygens (including phenoxy) is 2. The van der Waals surface area contributed by atoms with Crippen molar-refractivity contribution in [3.05, 3.63) is 29.8 Å². The van der Waals surface area contributed by atoms with E-state index in [1.54, 1.807) is 0 Å². The highest BCUT2D eigenvalue weighted by atomic mass is 127. The number of benzene rings is 1. The van der Waals surface area contributed by atoms with E-state index < -0.39 is 0 Å². The van der Waals surface area contributed by atoms with E-state index in [4.69, 9.17) is 14.5 Å². The van der Waals surface area contributed by atoms with Gasteiger partial charge in [0, 0.05) is 25.2 Å². The van der Waals surface area contributed by atoms with E-state index in [1.807, 2.05) is 12.1 Å². The summed E-state index contributed by atoms with van der Waals surface area (Å²) in [4.78, 5) is 4.74. The van der Waals surface area contributed by atoms with Gasteiger partial charge in [0.15, 0.2) is 5.96 Å². The van der Waals surface area contributed by atoms with Crippen molar-refractivity contribution in [2.24, 2.45) is 10.4 Å². The Kier molecular flexibility index (Phi) is 11.3. The van der Waals surface area contributed by atoms with Crippen LogP contribution in [0.1, 0.15) is 46.1 Å². The third-order valence-electron chi connectivity index (χ3n) is 5.09. The van der Waals surface area contributed by atoms with Crippen LogP contribution in [0.5, 0.6) is 5.75 Å². The van der Waals surface area contributed by atoms with Gasteiger partial charge in [0.25, 0.3) is 0 Å². The summed E-state index contributed by atoms with van der Waals surface area (Å²) in [6.45, 7) is 12.9. The molecule has 1 unspecified atom stereocenters. The molecule has 3 N–H and O–H groups in total. The van der Waals surface area contributed by atoms with Crippen molar-refractivity contribution in [3.8, 4) is 5.75 Å². The van der Waals surface area contributed by atoms with Crippen molar-refractivity contribution in [2.45, 2.75) is 46.0 Å². The first-order valence-electron chi connectivity index (χ1n) is 10.3. The third kappa shape index (κ3) is 8.30. The van der Waals surface area contributed by atoms with E-state index in [-0.39, 0.29) is 41.4 Å². The molecular formula is C22H38IN3O3. The van der Waals surface area contributed by atoms with Gasteiger partial charge in [-0.25, -0.2) is 0 Å². The lowest BCUT2D eigenvalue weighted by atomic mass is 9.84. The molecule has 29 heavy (non-hydrogen) atoms. The minimum Gasteiger partial charge on any atom is -0.491 e. The van der Waals surface area contributed by atoms with Crippen LogP contribution in [-0.4, -0.2) is 57.1 Å². The molecule has 166 valence electrons. The third-order valence-corrected chi connectivity index (χ3v) is 5.09. The van der Waals surface area contributed by atoms with Gasteiger partial charge >= 0.3 is 0 Å². The molecule has 1 aliphatic rings. The van der Waals surface area contributed by atoms with E-state index >= 15 is 0 Å². The first-order chi connectivity index (χ1) is 13.4. The Morgan fingerprint density at radius 1 is 1.28 bits per heavy atom. The SMILES string of the molecule is CCNC(=NCC1(CCO)CCOC1)NCCOc1ccccc1C(C)(C)C.I. The van der Waals surface area contributed by atoms with Gasteiger partial charge in [-0.2, -0.15) is 0 Å². The van der Waals surface area contributed by atoms with Crippen LogP contribution in [0.25, 0.3) is 0 Å². The average molecular weight is 519 g/mol. The Hall–Kier alpha value is -1.06. The van der Waals surface area contributed by atoms with Crippen molar-refractivity contribution >= 4 is 29.9 Å². The summed E-state index contributed by atoms with van der Waals surface area (Å²) >= 11 is 0. The first-order valence-corrected chi connectivity index (χ1v) is 10.3. The van der Waals surface area contributed by atoms with Gasteiger partial charge in [0.2, 0.25) is 0 Å². The summed E-state index contributed by atoms with van der Waals surface area (Å²) < 4.78 is 11.6. The van der Waals surface area contributed by atoms with E-state index in [9.17, 15) is 5.11 Å². The maximum Gasteiger partial charge on any atom is 0.191 e. The topological polar surface area (TPSA) is 75.1 Å². The molecule has 0 bridgehead atoms. The highest BCUT2D eigenvalue weighted by Crippen LogP contribution is 2.32. The van der Waals surface area contributed by atoms with Gasteiger partial charge < -0.3 is 25.2 Å². The average Bonchev–Trinajstić information content (AvgIpc) is 3.12. The molecule has 1 aliphatic heterocycles. The quantitative estimate of drug-likeness (QED) is 0.202. The van der Waals surface area contributed by atoms with E-state index in [1.165, 1.54) is 5.56 Å². The number of hydrogen-bond acceptors (Lipinski definition) is 4. The molecule has 2 rings (SSSR count). The maximum atomic E-state index is 9.37. The summed E-state index contributed by atoms with van der Waals surface area (Å²) in [6, 6.07) is 8.21. The number of rotatable bonds is 9. The van der Waals surface area contributed by atoms with Crippen molar-refractivity contribution in [2.75, 3.05) is 46.1 Å². The smallest absolute Gasteiger partial charge is 0.191 e. The number of hydrogen-bond donors (Lipinski definition) is 3. The molecule has 1 saturated heterocycles. The van der Waals surface area contributed by atoms with Crippen molar-refractivity contribution in [1.82, 2.24) is 10.6 Å². The first kappa shape index (κ1) is 26.0. The highest BCUT2D eigenvalue weighted by Gasteiger charge is 2.34. The number of aliphatic hydroxyl groups is 1. The molecule has 1 atom stereocenters. The molecule has 0 aromatic heterocycles. The number of nitrogens with one attached hydrogen (secondary N) is 2. The van der Waals surface area contributed by atoms with Crippen LogP contribution in [-0.2, 0) is 10.2 Å². The molecule has 0 saturated carbocycles. The predicted molar refractivity (Wildman–Crippen MR) is 130 cm³/mol. The zero-order chi connectivity index (χ0) is 20.5. The molecule has 0 radical (unpaired) electrons. The van der Waals surface area contributed by atoms with Crippen LogP contribution in [0.3, 0.4) is 0 Å². The Labute approximate surface area is 192 Å². The molecule has 0 amide bonds. The molecular weight excluding hydrogens is 481 g/mol. The lowest BCUT2D eigenvalue weighted by Crippen LogP contribution is -2.40. The Balaban J connectivity index is 0.00000420. The zero-order valence-electron chi connectivity index (χ0n) is 18.3. The van der Waals surface area contributed by atoms with Crippen LogP contribution >= 0.6 is 24.0 Å². The zero-order valence-corrected chi connectivity index (χ0v) is 20.6. The Morgan fingerprint density at radius 2 is 2.03 bits per heavy atom. The molecule has 1 heterocycles. The molecule has 7 heteroatoms. The minimum absolute atomic E-state index is 0. The van der Waals surface area contributed by atoms with Gasteiger partial charge in [0.05, 0.1) is 19.7 Å². The number of guanidine groups is 1. The van der Waals surface area contributed by atoms with Gasteiger partial charge in [-0.1, -0.05) is 39.0 Å². The van der Waals surface area contributed by atoms with Gasteiger partial charge in [-0.05, 0) is 36.8 Å². The lowest BCUT2D eigenvalue weighted by Gasteiger charge is -2.25. The second kappa shape index (κ2) is 12.6. The fourth-order valence-corrected chi connectivity index (χ4v) is 3.42. The monoisotopic (exact) mass is 519 g/mol. The second-order valence-electron chi connectivity index (χ2n) is 8.49. The largest absolute Gasteiger partial charge is 0.491 e. The Bertz CT molecular complexity index is 626. The number of nitrogens with zero attached hydrogens (tertiary/aromatic N) is 1. The number of aliphatic hydroxyl groups excluding tert-OH is 1. The molecule has 1 aromatic rings. The predicted octanol–water partition coefficient (Wildman–Crippen LogP) is 3.33. The second-order valence-corrected chi connectivity index (χ2v) is 8.49. The van der Waals surface area contributed by atoms with Crippen molar-refractivity contribution < 1.29 is 14.6 Å². The molecule has 0 aliphatic carbocycles. The van der Waals surface area contributed by atoms with Crippen molar-refractivity contribution in [3.63, 3.8) is 0 Å². The van der Waals surface area contributed by atoms with E-state index in [0.29, 0.717) is 26.3 Å². The summed E-state index contributed by atoms with van der Waals surface area (Å²) in [7, 11) is 0. The molecule has 0 spiro atoms. The minimum atomic E-state index is -0.0424. The van der Waals surface area contributed by atoms with E-state index in [0.717, 1.165) is 37.7 Å². The number of aliphatic imine (C=N–C) groups is 1. The normalized spacial score (nSPS) is 19.6. The maximum absolute atomic E-state index is 9.37. The summed E-state index contributed by atoms with van der Waals surface area (Å²) in [5, 5.41) is 16.0. The summed E-state index contributed by atoms with van der Waals surface area (Å²) in [6.07, 6.45) is 1.67. The van der Waals surface area contributed by atoms with Crippen LogP contribution in [0.15, 0.2) is 29.3 Å². The molecule has 1 fully saturated rings. The summed E-state index contributed by atoms with van der Waals surface area (Å²) in [5.41, 5.74) is 1.21. The number of para-hydroxylation sites is 1. The number of halogens is 1. The molecule has 6 nitrogen and oxygen atoms in total.